The van der Waals surface area contributed by atoms with Crippen molar-refractivity contribution < 1.29 is 33.4 Å². The van der Waals surface area contributed by atoms with E-state index in [4.69, 9.17) is 9.47 Å². The summed E-state index contributed by atoms with van der Waals surface area (Å²) in [4.78, 5) is 63.4. The molecule has 3 amide bonds. The zero-order valence-electron chi connectivity index (χ0n) is 19.6. The van der Waals surface area contributed by atoms with E-state index in [2.05, 4.69) is 5.32 Å². The molecule has 1 heterocycles. The fourth-order valence-electron chi connectivity index (χ4n) is 5.39. The lowest BCUT2D eigenvalue weighted by molar-refractivity contribution is -0.159. The predicted molar refractivity (Wildman–Crippen MR) is 120 cm³/mol. The first kappa shape index (κ1) is 23.9. The largest absolute Gasteiger partial charge is 0.462 e. The van der Waals surface area contributed by atoms with Crippen LogP contribution in [0, 0.1) is 29.6 Å². The molecule has 9 heteroatoms. The summed E-state index contributed by atoms with van der Waals surface area (Å²) in [7, 11) is 0. The maximum atomic E-state index is 12.8. The number of amides is 3. The smallest absolute Gasteiger partial charge is 0.338 e. The highest BCUT2D eigenvalue weighted by molar-refractivity contribution is 6.08. The van der Waals surface area contributed by atoms with Gasteiger partial charge < -0.3 is 14.8 Å². The summed E-state index contributed by atoms with van der Waals surface area (Å²) >= 11 is 0. The SMILES string of the molecule is CC(C)COC(=O)c1ccc(NC(=O)COC(=O)[C@@H](C)N2C(=O)[C@@H]3[C@H]4CC[C@@H](C4)[C@@H]3C2=O)cc1. The number of nitrogens with one attached hydrogen (secondary N) is 1. The minimum Gasteiger partial charge on any atom is -0.462 e. The van der Waals surface area contributed by atoms with E-state index < -0.39 is 30.5 Å². The van der Waals surface area contributed by atoms with Crippen molar-refractivity contribution in [2.24, 2.45) is 29.6 Å². The summed E-state index contributed by atoms with van der Waals surface area (Å²) in [6, 6.07) is 5.07. The van der Waals surface area contributed by atoms with E-state index in [1.165, 1.54) is 19.1 Å². The van der Waals surface area contributed by atoms with E-state index in [1.807, 2.05) is 13.8 Å². The number of fused-ring (bicyclic) bond motifs is 5. The third kappa shape index (κ3) is 4.56. The van der Waals surface area contributed by atoms with Crippen LogP contribution < -0.4 is 5.32 Å². The molecule has 4 rings (SSSR count). The first-order valence-electron chi connectivity index (χ1n) is 11.8. The molecule has 2 aliphatic carbocycles. The summed E-state index contributed by atoms with van der Waals surface area (Å²) in [6.07, 6.45) is 2.83. The number of anilines is 1. The lowest BCUT2D eigenvalue weighted by Crippen LogP contribution is -2.45. The van der Waals surface area contributed by atoms with Crippen LogP contribution in [0.25, 0.3) is 0 Å². The molecule has 2 bridgehead atoms. The first-order valence-corrected chi connectivity index (χ1v) is 11.8. The van der Waals surface area contributed by atoms with Crippen molar-refractivity contribution in [2.75, 3.05) is 18.5 Å². The number of nitrogens with zero attached hydrogens (tertiary/aromatic N) is 1. The molecule has 1 aromatic carbocycles. The van der Waals surface area contributed by atoms with Gasteiger partial charge in [0.25, 0.3) is 5.91 Å². The second-order valence-electron chi connectivity index (χ2n) is 9.83. The zero-order valence-corrected chi connectivity index (χ0v) is 19.6. The number of carbonyl (C=O) groups excluding carboxylic acids is 5. The topological polar surface area (TPSA) is 119 Å². The van der Waals surface area contributed by atoms with E-state index in [0.29, 0.717) is 17.9 Å². The van der Waals surface area contributed by atoms with Crippen molar-refractivity contribution in [3.8, 4) is 0 Å². The highest BCUT2D eigenvalue weighted by Gasteiger charge is 2.62. The quantitative estimate of drug-likeness (QED) is 0.458. The average Bonchev–Trinajstić information content (AvgIpc) is 3.49. The molecule has 3 aliphatic rings. The molecular weight excluding hydrogens is 440 g/mol. The zero-order chi connectivity index (χ0) is 24.6. The highest BCUT2D eigenvalue weighted by Crippen LogP contribution is 2.56. The Morgan fingerprint density at radius 2 is 1.56 bits per heavy atom. The molecule has 9 nitrogen and oxygen atoms in total. The van der Waals surface area contributed by atoms with Crippen molar-refractivity contribution in [1.82, 2.24) is 4.90 Å². The van der Waals surface area contributed by atoms with E-state index in [9.17, 15) is 24.0 Å². The predicted octanol–water partition coefficient (Wildman–Crippen LogP) is 2.40. The average molecular weight is 471 g/mol. The summed E-state index contributed by atoms with van der Waals surface area (Å²) in [6.45, 7) is 5.09. The maximum absolute atomic E-state index is 12.8. The number of carbonyl (C=O) groups is 5. The van der Waals surface area contributed by atoms with E-state index >= 15 is 0 Å². The van der Waals surface area contributed by atoms with Gasteiger partial charge in [0, 0.05) is 5.69 Å². The Morgan fingerprint density at radius 3 is 2.12 bits per heavy atom. The Hall–Kier alpha value is -3.23. The van der Waals surface area contributed by atoms with Crippen LogP contribution >= 0.6 is 0 Å². The molecule has 182 valence electrons. The fourth-order valence-corrected chi connectivity index (χ4v) is 5.39. The number of hydrogen-bond acceptors (Lipinski definition) is 7. The number of imide groups is 1. The molecule has 1 N–H and O–H groups in total. The van der Waals surface area contributed by atoms with Gasteiger partial charge in [0.2, 0.25) is 11.8 Å². The second kappa shape index (κ2) is 9.56. The van der Waals surface area contributed by atoms with Gasteiger partial charge >= 0.3 is 11.9 Å². The Bertz CT molecular complexity index is 975. The Labute approximate surface area is 198 Å². The van der Waals surface area contributed by atoms with Crippen LogP contribution in [0.4, 0.5) is 5.69 Å². The van der Waals surface area contributed by atoms with Gasteiger partial charge in [0.15, 0.2) is 6.61 Å². The molecule has 3 fully saturated rings. The van der Waals surface area contributed by atoms with E-state index in [-0.39, 0.29) is 41.4 Å². The lowest BCUT2D eigenvalue weighted by Gasteiger charge is -2.23. The molecule has 5 atom stereocenters. The van der Waals surface area contributed by atoms with Crippen LogP contribution in [0.5, 0.6) is 0 Å². The molecule has 1 aromatic rings. The molecule has 2 saturated carbocycles. The fraction of sp³-hybridized carbons (Fsp3) is 0.560. The number of esters is 2. The van der Waals surface area contributed by atoms with Gasteiger partial charge in [-0.2, -0.15) is 0 Å². The minimum absolute atomic E-state index is 0.226. The Morgan fingerprint density at radius 1 is 0.971 bits per heavy atom. The van der Waals surface area contributed by atoms with Gasteiger partial charge in [-0.15, -0.1) is 0 Å². The van der Waals surface area contributed by atoms with Gasteiger partial charge in [-0.25, -0.2) is 9.59 Å². The molecule has 0 aromatic heterocycles. The third-order valence-electron chi connectivity index (χ3n) is 6.99. The number of rotatable bonds is 8. The van der Waals surface area contributed by atoms with Crippen molar-refractivity contribution >= 4 is 35.3 Å². The van der Waals surface area contributed by atoms with Crippen molar-refractivity contribution in [1.29, 1.82) is 0 Å². The first-order chi connectivity index (χ1) is 16.2. The molecule has 0 radical (unpaired) electrons. The standard InChI is InChI=1S/C25H30N2O7/c1-13(2)11-33-25(32)15-6-8-18(9-7-15)26-19(28)12-34-24(31)14(3)27-22(29)20-16-4-5-17(10-16)21(20)23(27)30/h6-9,13-14,16-17,20-21H,4-5,10-12H2,1-3H3,(H,26,28)/t14-,16+,17+,20-,21+/m1/s1. The third-order valence-corrected chi connectivity index (χ3v) is 6.99. The van der Waals surface area contributed by atoms with Crippen LogP contribution in [0.15, 0.2) is 24.3 Å². The van der Waals surface area contributed by atoms with Gasteiger partial charge in [-0.3, -0.25) is 19.3 Å². The molecule has 0 unspecified atom stereocenters. The maximum Gasteiger partial charge on any atom is 0.338 e. The number of benzene rings is 1. The van der Waals surface area contributed by atoms with Crippen LogP contribution in [0.1, 0.15) is 50.4 Å². The van der Waals surface area contributed by atoms with Crippen molar-refractivity contribution in [3.63, 3.8) is 0 Å². The van der Waals surface area contributed by atoms with Crippen molar-refractivity contribution in [2.45, 2.75) is 46.1 Å². The molecule has 34 heavy (non-hydrogen) atoms. The van der Waals surface area contributed by atoms with Crippen LogP contribution in [-0.2, 0) is 28.7 Å². The minimum atomic E-state index is -1.08. The second-order valence-corrected chi connectivity index (χ2v) is 9.83. The van der Waals surface area contributed by atoms with E-state index in [0.717, 1.165) is 24.2 Å². The highest BCUT2D eigenvalue weighted by atomic mass is 16.5. The summed E-state index contributed by atoms with van der Waals surface area (Å²) in [5.41, 5.74) is 0.778. The van der Waals surface area contributed by atoms with Gasteiger partial charge in [0.05, 0.1) is 24.0 Å². The summed E-state index contributed by atoms with van der Waals surface area (Å²) in [5, 5.41) is 2.58. The van der Waals surface area contributed by atoms with Crippen molar-refractivity contribution in [3.05, 3.63) is 29.8 Å². The summed E-state index contributed by atoms with van der Waals surface area (Å²) < 4.78 is 10.2. The lowest BCUT2D eigenvalue weighted by atomic mass is 9.81. The van der Waals surface area contributed by atoms with Gasteiger partial charge in [0.1, 0.15) is 6.04 Å². The number of hydrogen-bond donors (Lipinski definition) is 1. The summed E-state index contributed by atoms with van der Waals surface area (Å²) in [5.74, 6) is -2.33. The van der Waals surface area contributed by atoms with Gasteiger partial charge in [-0.05, 0) is 68.2 Å². The Balaban J connectivity index is 1.26. The van der Waals surface area contributed by atoms with Crippen LogP contribution in [-0.4, -0.2) is 53.8 Å². The van der Waals surface area contributed by atoms with Crippen LogP contribution in [0.2, 0.25) is 0 Å². The molecular formula is C25H30N2O7. The number of ether oxygens (including phenoxy) is 2. The van der Waals surface area contributed by atoms with Crippen LogP contribution in [0.3, 0.4) is 0 Å². The monoisotopic (exact) mass is 470 g/mol. The molecule has 0 spiro atoms. The van der Waals surface area contributed by atoms with E-state index in [1.54, 1.807) is 12.1 Å². The number of likely N-dealkylation sites (tertiary alicyclic amines) is 1. The molecule has 1 saturated heterocycles. The molecule has 1 aliphatic heterocycles. The normalized spacial score (nSPS) is 25.9. The Kier molecular flexibility index (Phi) is 6.72. The van der Waals surface area contributed by atoms with Gasteiger partial charge in [-0.1, -0.05) is 13.8 Å².